The highest BCUT2D eigenvalue weighted by Gasteiger charge is 2.55. The van der Waals surface area contributed by atoms with E-state index in [0.717, 1.165) is 31.0 Å². The van der Waals surface area contributed by atoms with Crippen LogP contribution in [0.5, 0.6) is 0 Å². The third kappa shape index (κ3) is 3.47. The Morgan fingerprint density at radius 3 is 2.14 bits per heavy atom. The van der Waals surface area contributed by atoms with Crippen molar-refractivity contribution in [3.63, 3.8) is 0 Å². The van der Waals surface area contributed by atoms with E-state index in [4.69, 9.17) is 9.47 Å². The molecule has 0 aromatic heterocycles. The van der Waals surface area contributed by atoms with Gasteiger partial charge in [0.2, 0.25) is 0 Å². The molecule has 0 heterocycles. The van der Waals surface area contributed by atoms with E-state index >= 15 is 0 Å². The molecule has 3 saturated carbocycles. The quantitative estimate of drug-likeness (QED) is 0.642. The molecule has 2 heteroatoms. The Labute approximate surface area is 132 Å². The third-order valence-electron chi connectivity index (χ3n) is 6.44. The number of hydrogen-bond donors (Lipinski definition) is 0. The van der Waals surface area contributed by atoms with Crippen molar-refractivity contribution in [2.45, 2.75) is 59.8 Å². The topological polar surface area (TPSA) is 18.5 Å². The molecular weight excluding hydrogens is 260 g/mol. The first kappa shape index (κ1) is 17.3. The molecule has 0 saturated heterocycles. The number of fused-ring (bicyclic) bond motifs is 2. The van der Waals surface area contributed by atoms with E-state index in [2.05, 4.69) is 27.7 Å². The number of hydrogen-bond acceptors (Lipinski definition) is 2. The van der Waals surface area contributed by atoms with Crippen LogP contribution in [-0.4, -0.2) is 27.4 Å². The van der Waals surface area contributed by atoms with E-state index in [0.29, 0.717) is 11.3 Å². The van der Waals surface area contributed by atoms with Crippen LogP contribution in [0.2, 0.25) is 0 Å². The molecule has 0 spiro atoms. The summed E-state index contributed by atoms with van der Waals surface area (Å²) >= 11 is 0. The van der Waals surface area contributed by atoms with Crippen LogP contribution in [-0.2, 0) is 9.47 Å². The highest BCUT2D eigenvalue weighted by atomic mass is 16.5. The van der Waals surface area contributed by atoms with Gasteiger partial charge in [0.1, 0.15) is 0 Å². The van der Waals surface area contributed by atoms with Crippen molar-refractivity contribution in [2.24, 2.45) is 34.5 Å². The molecule has 0 aliphatic heterocycles. The van der Waals surface area contributed by atoms with Crippen LogP contribution in [0, 0.1) is 34.5 Å². The fourth-order valence-electron chi connectivity index (χ4n) is 5.60. The maximum atomic E-state index is 5.62. The summed E-state index contributed by atoms with van der Waals surface area (Å²) in [6.07, 6.45) is 6.82. The van der Waals surface area contributed by atoms with Gasteiger partial charge in [-0.1, -0.05) is 27.7 Å². The second kappa shape index (κ2) is 6.58. The lowest BCUT2D eigenvalue weighted by molar-refractivity contribution is -0.127. The molecular formula is C19H36O2. The molecule has 3 rings (SSSR count). The summed E-state index contributed by atoms with van der Waals surface area (Å²) in [6.45, 7) is 11.3. The van der Waals surface area contributed by atoms with Gasteiger partial charge in [-0.05, 0) is 61.2 Å². The van der Waals surface area contributed by atoms with Crippen LogP contribution in [0.1, 0.15) is 59.8 Å². The SMILES string of the molecule is COCC(COC)(CC(C)C)CC1CC[C@H]2C[C@@H]1C2(C)C. The standard InChI is InChI=1S/C19H36O2/c1-14(2)10-19(12-20-5,13-21-6)11-15-7-8-16-9-17(15)18(16,3)4/h14-17H,7-13H2,1-6H3/t15?,16-,17-/m0/s1. The molecule has 1 unspecified atom stereocenters. The Kier molecular flexibility index (Phi) is 5.41. The Hall–Kier alpha value is -0.0800. The molecule has 124 valence electrons. The molecule has 0 amide bonds. The van der Waals surface area contributed by atoms with Gasteiger partial charge in [0.15, 0.2) is 0 Å². The van der Waals surface area contributed by atoms with Gasteiger partial charge in [-0.25, -0.2) is 0 Å². The molecule has 3 aliphatic carbocycles. The van der Waals surface area contributed by atoms with E-state index < -0.39 is 0 Å². The van der Waals surface area contributed by atoms with Crippen molar-refractivity contribution in [1.29, 1.82) is 0 Å². The highest BCUT2D eigenvalue weighted by molar-refractivity contribution is 5.04. The van der Waals surface area contributed by atoms with Gasteiger partial charge in [0, 0.05) is 19.6 Å². The van der Waals surface area contributed by atoms with Crippen molar-refractivity contribution in [1.82, 2.24) is 0 Å². The van der Waals surface area contributed by atoms with E-state index in [-0.39, 0.29) is 5.41 Å². The molecule has 0 aromatic carbocycles. The molecule has 2 bridgehead atoms. The normalized spacial score (nSPS) is 31.3. The lowest BCUT2D eigenvalue weighted by Crippen LogP contribution is -2.53. The Balaban J connectivity index is 2.09. The van der Waals surface area contributed by atoms with Crippen molar-refractivity contribution < 1.29 is 9.47 Å². The van der Waals surface area contributed by atoms with Gasteiger partial charge in [0.05, 0.1) is 13.2 Å². The van der Waals surface area contributed by atoms with Gasteiger partial charge < -0.3 is 9.47 Å². The van der Waals surface area contributed by atoms with Crippen LogP contribution >= 0.6 is 0 Å². The smallest absolute Gasteiger partial charge is 0.0540 e. The first-order valence-corrected chi connectivity index (χ1v) is 8.82. The van der Waals surface area contributed by atoms with Gasteiger partial charge in [-0.3, -0.25) is 0 Å². The molecule has 0 N–H and O–H groups in total. The van der Waals surface area contributed by atoms with E-state index in [9.17, 15) is 0 Å². The molecule has 0 radical (unpaired) electrons. The summed E-state index contributed by atoms with van der Waals surface area (Å²) in [5, 5.41) is 0. The second-order valence-corrected chi connectivity index (χ2v) is 8.87. The lowest BCUT2D eigenvalue weighted by atomic mass is 9.44. The summed E-state index contributed by atoms with van der Waals surface area (Å²) in [6, 6.07) is 0. The van der Waals surface area contributed by atoms with E-state index in [1.807, 2.05) is 14.2 Å². The zero-order valence-corrected chi connectivity index (χ0v) is 15.1. The molecule has 3 aliphatic rings. The Bertz CT molecular complexity index is 326. The predicted molar refractivity (Wildman–Crippen MR) is 88.4 cm³/mol. The maximum absolute atomic E-state index is 5.62. The molecule has 2 nitrogen and oxygen atoms in total. The Morgan fingerprint density at radius 2 is 1.71 bits per heavy atom. The first-order valence-electron chi connectivity index (χ1n) is 8.82. The molecule has 0 aromatic rings. The van der Waals surface area contributed by atoms with Crippen molar-refractivity contribution in [2.75, 3.05) is 27.4 Å². The fourth-order valence-corrected chi connectivity index (χ4v) is 5.60. The monoisotopic (exact) mass is 296 g/mol. The summed E-state index contributed by atoms with van der Waals surface area (Å²) in [5.41, 5.74) is 0.785. The Morgan fingerprint density at radius 1 is 1.10 bits per heavy atom. The number of methoxy groups -OCH3 is 2. The highest BCUT2D eigenvalue weighted by Crippen LogP contribution is 2.63. The zero-order chi connectivity index (χ0) is 15.7. The van der Waals surface area contributed by atoms with Gasteiger partial charge in [-0.15, -0.1) is 0 Å². The fraction of sp³-hybridized carbons (Fsp3) is 1.00. The van der Waals surface area contributed by atoms with Crippen LogP contribution < -0.4 is 0 Å². The third-order valence-corrected chi connectivity index (χ3v) is 6.44. The maximum Gasteiger partial charge on any atom is 0.0540 e. The summed E-state index contributed by atoms with van der Waals surface area (Å²) in [4.78, 5) is 0. The lowest BCUT2D eigenvalue weighted by Gasteiger charge is -2.61. The van der Waals surface area contributed by atoms with Gasteiger partial charge in [-0.2, -0.15) is 0 Å². The van der Waals surface area contributed by atoms with Crippen LogP contribution in [0.15, 0.2) is 0 Å². The minimum absolute atomic E-state index is 0.209. The van der Waals surface area contributed by atoms with Gasteiger partial charge >= 0.3 is 0 Å². The summed E-state index contributed by atoms with van der Waals surface area (Å²) in [5.74, 6) is 3.48. The zero-order valence-electron chi connectivity index (χ0n) is 15.1. The molecule has 3 fully saturated rings. The molecule has 21 heavy (non-hydrogen) atoms. The van der Waals surface area contributed by atoms with Gasteiger partial charge in [0.25, 0.3) is 0 Å². The van der Waals surface area contributed by atoms with Crippen LogP contribution in [0.4, 0.5) is 0 Å². The predicted octanol–water partition coefficient (Wildman–Crippen LogP) is 4.77. The number of ether oxygens (including phenoxy) is 2. The van der Waals surface area contributed by atoms with Crippen molar-refractivity contribution in [3.8, 4) is 0 Å². The van der Waals surface area contributed by atoms with Crippen LogP contribution in [0.25, 0.3) is 0 Å². The van der Waals surface area contributed by atoms with Crippen molar-refractivity contribution in [3.05, 3.63) is 0 Å². The van der Waals surface area contributed by atoms with E-state index in [1.165, 1.54) is 32.1 Å². The minimum atomic E-state index is 0.209. The van der Waals surface area contributed by atoms with Crippen LogP contribution in [0.3, 0.4) is 0 Å². The average molecular weight is 296 g/mol. The summed E-state index contributed by atoms with van der Waals surface area (Å²) < 4.78 is 11.2. The first-order chi connectivity index (χ1) is 9.84. The summed E-state index contributed by atoms with van der Waals surface area (Å²) in [7, 11) is 3.68. The van der Waals surface area contributed by atoms with E-state index in [1.54, 1.807) is 0 Å². The second-order valence-electron chi connectivity index (χ2n) is 8.87. The molecule has 3 atom stereocenters. The largest absolute Gasteiger partial charge is 0.384 e. The minimum Gasteiger partial charge on any atom is -0.384 e. The van der Waals surface area contributed by atoms with Crippen molar-refractivity contribution >= 4 is 0 Å². The average Bonchev–Trinajstić information content (AvgIpc) is 2.38. The number of rotatable bonds is 8.